The monoisotopic (exact) mass is 221 g/mol. The zero-order valence-electron chi connectivity index (χ0n) is 9.46. The van der Waals surface area contributed by atoms with Crippen molar-refractivity contribution < 1.29 is 0 Å². The Balaban J connectivity index is 1.74. The average molecular weight is 221 g/mol. The van der Waals surface area contributed by atoms with E-state index in [1.807, 2.05) is 18.7 Å². The number of nitrogens with one attached hydrogen (secondary N) is 1. The van der Waals surface area contributed by atoms with Crippen LogP contribution in [0.1, 0.15) is 11.6 Å². The largest absolute Gasteiger partial charge is 0.321 e. The van der Waals surface area contributed by atoms with E-state index in [1.54, 1.807) is 17.3 Å². The Morgan fingerprint density at radius 2 is 2.19 bits per heavy atom. The third-order valence-corrected chi connectivity index (χ3v) is 2.42. The summed E-state index contributed by atoms with van der Waals surface area (Å²) in [5, 5.41) is 15.1. The third kappa shape index (κ3) is 2.43. The van der Waals surface area contributed by atoms with Crippen molar-refractivity contribution in [3.8, 4) is 0 Å². The van der Waals surface area contributed by atoms with Gasteiger partial charge in [0.25, 0.3) is 0 Å². The van der Waals surface area contributed by atoms with Gasteiger partial charge in [-0.1, -0.05) is 0 Å². The lowest BCUT2D eigenvalue weighted by Crippen LogP contribution is -2.20. The van der Waals surface area contributed by atoms with Crippen molar-refractivity contribution in [2.75, 3.05) is 6.54 Å². The molecule has 16 heavy (non-hydrogen) atoms. The molecule has 2 aromatic heterocycles. The number of aryl methyl sites for hydroxylation is 2. The van der Waals surface area contributed by atoms with E-state index < -0.39 is 0 Å². The van der Waals surface area contributed by atoms with Crippen molar-refractivity contribution in [2.45, 2.75) is 13.0 Å². The molecule has 2 aromatic rings. The van der Waals surface area contributed by atoms with Crippen LogP contribution in [-0.4, -0.2) is 36.1 Å². The van der Waals surface area contributed by atoms with Gasteiger partial charge in [0.2, 0.25) is 0 Å². The summed E-state index contributed by atoms with van der Waals surface area (Å²) >= 11 is 0. The van der Waals surface area contributed by atoms with Crippen molar-refractivity contribution in [3.05, 3.63) is 24.3 Å². The maximum Gasteiger partial charge on any atom is 0.140 e. The van der Waals surface area contributed by atoms with Gasteiger partial charge >= 0.3 is 0 Å². The molecule has 7 heteroatoms. The van der Waals surface area contributed by atoms with Gasteiger partial charge in [-0.2, -0.15) is 5.10 Å². The zero-order chi connectivity index (χ0) is 11.4. The maximum absolute atomic E-state index is 4.12. The van der Waals surface area contributed by atoms with E-state index in [4.69, 9.17) is 0 Å². The molecule has 0 unspecified atom stereocenters. The molecule has 7 nitrogen and oxygen atoms in total. The van der Waals surface area contributed by atoms with E-state index in [1.165, 1.54) is 0 Å². The molecule has 0 aromatic carbocycles. The minimum atomic E-state index is 0.717. The first-order valence-electron chi connectivity index (χ1n) is 5.14. The third-order valence-electron chi connectivity index (χ3n) is 2.42. The Hall–Kier alpha value is -1.76. The van der Waals surface area contributed by atoms with Crippen LogP contribution in [0.5, 0.6) is 0 Å². The Labute approximate surface area is 93.5 Å². The lowest BCUT2D eigenvalue weighted by atomic mass is 10.4. The summed E-state index contributed by atoms with van der Waals surface area (Å²) in [4.78, 5) is 4.12. The number of rotatable bonds is 5. The molecule has 0 radical (unpaired) electrons. The molecular weight excluding hydrogens is 206 g/mol. The molecule has 1 N–H and O–H groups in total. The number of hydrogen-bond donors (Lipinski definition) is 1. The van der Waals surface area contributed by atoms with E-state index in [-0.39, 0.29) is 0 Å². The van der Waals surface area contributed by atoms with Crippen LogP contribution < -0.4 is 5.32 Å². The van der Waals surface area contributed by atoms with Crippen molar-refractivity contribution in [3.63, 3.8) is 0 Å². The molecule has 0 saturated carbocycles. The molecule has 0 aliphatic heterocycles. The molecule has 0 spiro atoms. The van der Waals surface area contributed by atoms with Crippen molar-refractivity contribution in [1.29, 1.82) is 0 Å². The van der Waals surface area contributed by atoms with E-state index >= 15 is 0 Å². The number of nitrogens with zero attached hydrogens (tertiary/aromatic N) is 6. The van der Waals surface area contributed by atoms with E-state index in [9.17, 15) is 0 Å². The maximum atomic E-state index is 4.12. The molecule has 0 aliphatic carbocycles. The molecule has 2 heterocycles. The van der Waals surface area contributed by atoms with Crippen molar-refractivity contribution in [2.24, 2.45) is 14.1 Å². The summed E-state index contributed by atoms with van der Waals surface area (Å²) < 4.78 is 3.68. The summed E-state index contributed by atoms with van der Waals surface area (Å²) in [5.74, 6) is 1.91. The number of hydrogen-bond acceptors (Lipinski definition) is 5. The quantitative estimate of drug-likeness (QED) is 0.674. The summed E-state index contributed by atoms with van der Waals surface area (Å²) in [6, 6.07) is 0. The van der Waals surface area contributed by atoms with Gasteiger partial charge in [-0.15, -0.1) is 10.2 Å². The van der Waals surface area contributed by atoms with Crippen LogP contribution in [-0.2, 0) is 27.1 Å². The fraction of sp³-hybridized carbons (Fsp3) is 0.556. The molecule has 0 atom stereocenters. The second kappa shape index (κ2) is 4.84. The van der Waals surface area contributed by atoms with Gasteiger partial charge in [0.15, 0.2) is 0 Å². The molecule has 2 rings (SSSR count). The molecule has 0 amide bonds. The highest BCUT2D eigenvalue weighted by molar-refractivity contribution is 4.86. The van der Waals surface area contributed by atoms with Crippen molar-refractivity contribution >= 4 is 0 Å². The summed E-state index contributed by atoms with van der Waals surface area (Å²) in [5.41, 5.74) is 0. The van der Waals surface area contributed by atoms with Gasteiger partial charge in [-0.05, 0) is 0 Å². The smallest absolute Gasteiger partial charge is 0.140 e. The van der Waals surface area contributed by atoms with Crippen LogP contribution >= 0.6 is 0 Å². The number of aromatic nitrogens is 6. The Morgan fingerprint density at radius 1 is 1.31 bits per heavy atom. The van der Waals surface area contributed by atoms with Crippen molar-refractivity contribution in [1.82, 2.24) is 34.8 Å². The normalized spacial score (nSPS) is 10.9. The first-order chi connectivity index (χ1) is 7.77. The van der Waals surface area contributed by atoms with Gasteiger partial charge < -0.3 is 9.88 Å². The Morgan fingerprint density at radius 3 is 2.81 bits per heavy atom. The highest BCUT2D eigenvalue weighted by Crippen LogP contribution is 1.93. The SMILES string of the molecule is Cn1cnnc1CCNCc1ncnn1C. The first kappa shape index (κ1) is 10.7. The second-order valence-electron chi connectivity index (χ2n) is 3.58. The van der Waals surface area contributed by atoms with Gasteiger partial charge in [0.1, 0.15) is 24.3 Å². The summed E-state index contributed by atoms with van der Waals surface area (Å²) in [7, 11) is 3.82. The molecule has 0 bridgehead atoms. The van der Waals surface area contributed by atoms with Crippen LogP contribution in [0.3, 0.4) is 0 Å². The Bertz CT molecular complexity index is 402. The van der Waals surface area contributed by atoms with Gasteiger partial charge in [-0.3, -0.25) is 4.68 Å². The van der Waals surface area contributed by atoms with Gasteiger partial charge in [-0.25, -0.2) is 4.98 Å². The molecule has 0 aliphatic rings. The van der Waals surface area contributed by atoms with E-state index in [2.05, 4.69) is 25.6 Å². The van der Waals surface area contributed by atoms with E-state index in [0.717, 1.165) is 24.6 Å². The van der Waals surface area contributed by atoms with Crippen LogP contribution in [0.25, 0.3) is 0 Å². The minimum absolute atomic E-state index is 0.717. The zero-order valence-corrected chi connectivity index (χ0v) is 9.46. The lowest BCUT2D eigenvalue weighted by Gasteiger charge is -2.03. The predicted molar refractivity (Wildman–Crippen MR) is 57.4 cm³/mol. The summed E-state index contributed by atoms with van der Waals surface area (Å²) in [6.07, 6.45) is 4.12. The van der Waals surface area contributed by atoms with Crippen LogP contribution in [0.4, 0.5) is 0 Å². The van der Waals surface area contributed by atoms with Gasteiger partial charge in [0, 0.05) is 27.1 Å². The fourth-order valence-electron chi connectivity index (χ4n) is 1.41. The minimum Gasteiger partial charge on any atom is -0.321 e. The molecule has 0 fully saturated rings. The van der Waals surface area contributed by atoms with E-state index in [0.29, 0.717) is 6.54 Å². The standard InChI is InChI=1S/C9H15N7/c1-15-7-12-14-8(15)3-4-10-5-9-11-6-13-16(9)2/h6-7,10H,3-5H2,1-2H3. The molecule has 86 valence electrons. The molecular formula is C9H15N7. The molecule has 0 saturated heterocycles. The highest BCUT2D eigenvalue weighted by atomic mass is 15.3. The topological polar surface area (TPSA) is 73.5 Å². The predicted octanol–water partition coefficient (Wildman–Crippen LogP) is -0.724. The average Bonchev–Trinajstić information content (AvgIpc) is 2.84. The first-order valence-corrected chi connectivity index (χ1v) is 5.14. The van der Waals surface area contributed by atoms with Gasteiger partial charge in [0.05, 0.1) is 6.54 Å². The van der Waals surface area contributed by atoms with Crippen LogP contribution in [0, 0.1) is 0 Å². The lowest BCUT2D eigenvalue weighted by molar-refractivity contribution is 0.602. The highest BCUT2D eigenvalue weighted by Gasteiger charge is 2.01. The second-order valence-corrected chi connectivity index (χ2v) is 3.58. The summed E-state index contributed by atoms with van der Waals surface area (Å²) in [6.45, 7) is 1.56. The Kier molecular flexibility index (Phi) is 3.25. The van der Waals surface area contributed by atoms with Crippen LogP contribution in [0.15, 0.2) is 12.7 Å². The fourth-order valence-corrected chi connectivity index (χ4v) is 1.41. The van der Waals surface area contributed by atoms with Crippen LogP contribution in [0.2, 0.25) is 0 Å².